The standard InChI is InChI=1S/C17H20N2O4/c1-17(2,3)23-11-4-5-12-10(8-11)9-19(16(12)22)13-6-7-14(20)18-15(13)21/h4-5,8,13H,6-7,9H2,1-3H3,(H,18,20,21). The van der Waals surface area contributed by atoms with Crippen LogP contribution in [0.15, 0.2) is 18.2 Å². The third-order valence-corrected chi connectivity index (χ3v) is 3.92. The first-order valence-electron chi connectivity index (χ1n) is 7.71. The number of rotatable bonds is 2. The van der Waals surface area contributed by atoms with E-state index in [1.165, 1.54) is 4.90 Å². The van der Waals surface area contributed by atoms with Crippen LogP contribution in [0.2, 0.25) is 0 Å². The molecule has 1 aromatic carbocycles. The molecule has 1 atom stereocenters. The Balaban J connectivity index is 1.81. The van der Waals surface area contributed by atoms with Gasteiger partial charge in [0.25, 0.3) is 5.91 Å². The van der Waals surface area contributed by atoms with Crippen LogP contribution in [-0.2, 0) is 16.1 Å². The molecule has 6 heteroatoms. The summed E-state index contributed by atoms with van der Waals surface area (Å²) in [5.41, 5.74) is 1.12. The number of nitrogens with zero attached hydrogens (tertiary/aromatic N) is 1. The van der Waals surface area contributed by atoms with E-state index in [0.717, 1.165) is 5.56 Å². The lowest BCUT2D eigenvalue weighted by Crippen LogP contribution is -2.52. The molecule has 23 heavy (non-hydrogen) atoms. The van der Waals surface area contributed by atoms with E-state index in [1.54, 1.807) is 12.1 Å². The second-order valence-electron chi connectivity index (χ2n) is 6.93. The van der Waals surface area contributed by atoms with Crippen molar-refractivity contribution in [2.24, 2.45) is 0 Å². The predicted molar refractivity (Wildman–Crippen MR) is 82.9 cm³/mol. The molecule has 1 N–H and O–H groups in total. The van der Waals surface area contributed by atoms with Crippen LogP contribution in [0.25, 0.3) is 0 Å². The first-order valence-corrected chi connectivity index (χ1v) is 7.71. The highest BCUT2D eigenvalue weighted by atomic mass is 16.5. The monoisotopic (exact) mass is 316 g/mol. The predicted octanol–water partition coefficient (Wildman–Crippen LogP) is 1.62. The molecular weight excluding hydrogens is 296 g/mol. The summed E-state index contributed by atoms with van der Waals surface area (Å²) in [7, 11) is 0. The molecule has 0 aliphatic carbocycles. The normalized spacial score (nSPS) is 21.3. The maximum absolute atomic E-state index is 12.5. The zero-order chi connectivity index (χ0) is 16.8. The molecule has 1 fully saturated rings. The first kappa shape index (κ1) is 15.5. The van der Waals surface area contributed by atoms with Gasteiger partial charge in [0.05, 0.1) is 0 Å². The van der Waals surface area contributed by atoms with Crippen molar-refractivity contribution < 1.29 is 19.1 Å². The van der Waals surface area contributed by atoms with Crippen molar-refractivity contribution in [3.05, 3.63) is 29.3 Å². The fourth-order valence-corrected chi connectivity index (χ4v) is 2.97. The van der Waals surface area contributed by atoms with Gasteiger partial charge >= 0.3 is 0 Å². The van der Waals surface area contributed by atoms with Crippen LogP contribution in [0, 0.1) is 0 Å². The molecule has 2 heterocycles. The van der Waals surface area contributed by atoms with E-state index in [-0.39, 0.29) is 23.8 Å². The van der Waals surface area contributed by atoms with Gasteiger partial charge in [-0.15, -0.1) is 0 Å². The Morgan fingerprint density at radius 3 is 2.61 bits per heavy atom. The van der Waals surface area contributed by atoms with Crippen molar-refractivity contribution in [2.75, 3.05) is 0 Å². The summed E-state index contributed by atoms with van der Waals surface area (Å²) in [6.07, 6.45) is 0.630. The van der Waals surface area contributed by atoms with Crippen molar-refractivity contribution in [1.29, 1.82) is 0 Å². The number of carbonyl (C=O) groups is 3. The molecule has 3 rings (SSSR count). The van der Waals surface area contributed by atoms with Gasteiger partial charge in [-0.3, -0.25) is 19.7 Å². The molecule has 0 spiro atoms. The zero-order valence-electron chi connectivity index (χ0n) is 13.5. The second-order valence-corrected chi connectivity index (χ2v) is 6.93. The van der Waals surface area contributed by atoms with Crippen LogP contribution in [0.3, 0.4) is 0 Å². The Morgan fingerprint density at radius 1 is 1.22 bits per heavy atom. The topological polar surface area (TPSA) is 75.7 Å². The van der Waals surface area contributed by atoms with Gasteiger partial charge in [0.1, 0.15) is 17.4 Å². The van der Waals surface area contributed by atoms with Gasteiger partial charge in [-0.1, -0.05) is 0 Å². The summed E-state index contributed by atoms with van der Waals surface area (Å²) in [5, 5.41) is 2.30. The highest BCUT2D eigenvalue weighted by Gasteiger charge is 2.39. The number of nitrogens with one attached hydrogen (secondary N) is 1. The van der Waals surface area contributed by atoms with Crippen molar-refractivity contribution in [1.82, 2.24) is 10.2 Å². The molecule has 3 amide bonds. The summed E-state index contributed by atoms with van der Waals surface area (Å²) in [4.78, 5) is 37.3. The fraction of sp³-hybridized carbons (Fsp3) is 0.471. The maximum Gasteiger partial charge on any atom is 0.255 e. The molecular formula is C17H20N2O4. The SMILES string of the molecule is CC(C)(C)Oc1ccc2c(c1)CN(C1CCC(=O)NC1=O)C2=O. The number of carbonyl (C=O) groups excluding carboxylic acids is 3. The molecule has 0 saturated carbocycles. The summed E-state index contributed by atoms with van der Waals surface area (Å²) >= 11 is 0. The zero-order valence-corrected chi connectivity index (χ0v) is 13.5. The number of fused-ring (bicyclic) bond motifs is 1. The molecule has 1 unspecified atom stereocenters. The summed E-state index contributed by atoms with van der Waals surface area (Å²) < 4.78 is 5.82. The number of hydrogen-bond donors (Lipinski definition) is 1. The van der Waals surface area contributed by atoms with Gasteiger partial charge in [0, 0.05) is 18.5 Å². The third-order valence-electron chi connectivity index (χ3n) is 3.92. The van der Waals surface area contributed by atoms with Crippen LogP contribution in [0.5, 0.6) is 5.75 Å². The molecule has 0 aromatic heterocycles. The number of amides is 3. The summed E-state index contributed by atoms with van der Waals surface area (Å²) in [6.45, 7) is 6.24. The van der Waals surface area contributed by atoms with Gasteiger partial charge in [0.15, 0.2) is 0 Å². The molecule has 2 aliphatic heterocycles. The van der Waals surface area contributed by atoms with E-state index in [9.17, 15) is 14.4 Å². The minimum absolute atomic E-state index is 0.170. The fourth-order valence-electron chi connectivity index (χ4n) is 2.97. The maximum atomic E-state index is 12.5. The Kier molecular flexibility index (Phi) is 3.62. The Labute approximate surface area is 134 Å². The van der Waals surface area contributed by atoms with Crippen molar-refractivity contribution in [2.45, 2.75) is 51.8 Å². The number of piperidine rings is 1. The van der Waals surface area contributed by atoms with E-state index in [0.29, 0.717) is 24.3 Å². The summed E-state index contributed by atoms with van der Waals surface area (Å²) in [6, 6.07) is 4.78. The van der Waals surface area contributed by atoms with E-state index in [1.807, 2.05) is 26.8 Å². The largest absolute Gasteiger partial charge is 0.488 e. The van der Waals surface area contributed by atoms with Gasteiger partial charge in [-0.05, 0) is 51.0 Å². The average molecular weight is 316 g/mol. The lowest BCUT2D eigenvalue weighted by atomic mass is 10.0. The minimum atomic E-state index is -0.584. The second kappa shape index (κ2) is 5.37. The lowest BCUT2D eigenvalue weighted by Gasteiger charge is -2.29. The number of benzene rings is 1. The van der Waals surface area contributed by atoms with Crippen molar-refractivity contribution in [3.63, 3.8) is 0 Å². The van der Waals surface area contributed by atoms with Crippen LogP contribution in [-0.4, -0.2) is 34.3 Å². The smallest absolute Gasteiger partial charge is 0.255 e. The number of ether oxygens (including phenoxy) is 1. The van der Waals surface area contributed by atoms with Gasteiger partial charge < -0.3 is 9.64 Å². The summed E-state index contributed by atoms with van der Waals surface area (Å²) in [5.74, 6) is -0.143. The van der Waals surface area contributed by atoms with Crippen LogP contribution < -0.4 is 10.1 Å². The van der Waals surface area contributed by atoms with Crippen LogP contribution in [0.1, 0.15) is 49.5 Å². The van der Waals surface area contributed by atoms with Gasteiger partial charge in [0.2, 0.25) is 11.8 Å². The number of imide groups is 1. The first-order chi connectivity index (χ1) is 10.7. The van der Waals surface area contributed by atoms with E-state index < -0.39 is 11.9 Å². The van der Waals surface area contributed by atoms with E-state index >= 15 is 0 Å². The van der Waals surface area contributed by atoms with Crippen LogP contribution >= 0.6 is 0 Å². The highest BCUT2D eigenvalue weighted by molar-refractivity contribution is 6.05. The molecule has 6 nitrogen and oxygen atoms in total. The Hall–Kier alpha value is -2.37. The van der Waals surface area contributed by atoms with Gasteiger partial charge in [-0.2, -0.15) is 0 Å². The molecule has 1 aromatic rings. The average Bonchev–Trinajstić information content (AvgIpc) is 2.74. The quantitative estimate of drug-likeness (QED) is 0.841. The molecule has 122 valence electrons. The number of hydrogen-bond acceptors (Lipinski definition) is 4. The van der Waals surface area contributed by atoms with E-state index in [2.05, 4.69) is 5.32 Å². The Bertz CT molecular complexity index is 690. The molecule has 2 aliphatic rings. The lowest BCUT2D eigenvalue weighted by molar-refractivity contribution is -0.136. The van der Waals surface area contributed by atoms with Gasteiger partial charge in [-0.25, -0.2) is 0 Å². The minimum Gasteiger partial charge on any atom is -0.488 e. The van der Waals surface area contributed by atoms with Crippen molar-refractivity contribution in [3.8, 4) is 5.75 Å². The highest BCUT2D eigenvalue weighted by Crippen LogP contribution is 2.31. The van der Waals surface area contributed by atoms with Crippen molar-refractivity contribution >= 4 is 17.7 Å². The molecule has 1 saturated heterocycles. The molecule has 0 radical (unpaired) electrons. The third kappa shape index (κ3) is 3.06. The molecule has 0 bridgehead atoms. The van der Waals surface area contributed by atoms with E-state index in [4.69, 9.17) is 4.74 Å². The Morgan fingerprint density at radius 2 is 1.96 bits per heavy atom. The van der Waals surface area contributed by atoms with Crippen LogP contribution in [0.4, 0.5) is 0 Å².